The van der Waals surface area contributed by atoms with E-state index in [9.17, 15) is 14.0 Å². The van der Waals surface area contributed by atoms with Crippen molar-refractivity contribution in [2.45, 2.75) is 25.3 Å². The summed E-state index contributed by atoms with van der Waals surface area (Å²) in [5.41, 5.74) is 0.719. The molecule has 1 amide bonds. The molecule has 0 spiro atoms. The third-order valence-electron chi connectivity index (χ3n) is 5.33. The predicted molar refractivity (Wildman–Crippen MR) is 101 cm³/mol. The van der Waals surface area contributed by atoms with Crippen LogP contribution in [0.25, 0.3) is 0 Å². The number of rotatable bonds is 6. The summed E-state index contributed by atoms with van der Waals surface area (Å²) in [5, 5.41) is 14.4. The van der Waals surface area contributed by atoms with Crippen LogP contribution in [0.5, 0.6) is 0 Å². The Kier molecular flexibility index (Phi) is 6.63. The van der Waals surface area contributed by atoms with E-state index in [0.717, 1.165) is 45.0 Å². The van der Waals surface area contributed by atoms with Crippen molar-refractivity contribution >= 4 is 17.6 Å². The molecule has 148 valence electrons. The van der Waals surface area contributed by atoms with E-state index in [1.54, 1.807) is 6.07 Å². The molecule has 0 atom stereocenters. The molecule has 1 aromatic carbocycles. The molecule has 2 saturated heterocycles. The van der Waals surface area contributed by atoms with E-state index in [0.29, 0.717) is 6.04 Å². The molecule has 2 aliphatic rings. The molecule has 0 aliphatic carbocycles. The van der Waals surface area contributed by atoms with E-state index in [1.807, 2.05) is 0 Å². The molecular weight excluding hydrogens is 351 g/mol. The van der Waals surface area contributed by atoms with Gasteiger partial charge in [-0.1, -0.05) is 0 Å². The number of piperazine rings is 1. The molecule has 2 aliphatic heterocycles. The van der Waals surface area contributed by atoms with Gasteiger partial charge in [0, 0.05) is 44.5 Å². The summed E-state index contributed by atoms with van der Waals surface area (Å²) in [6, 6.07) is 5.27. The summed E-state index contributed by atoms with van der Waals surface area (Å²) in [4.78, 5) is 27.1. The van der Waals surface area contributed by atoms with Crippen LogP contribution in [0.15, 0.2) is 18.2 Å². The van der Waals surface area contributed by atoms with Crippen LogP contribution in [0.1, 0.15) is 29.6 Å². The minimum absolute atomic E-state index is 0.0198. The second-order valence-electron chi connectivity index (χ2n) is 7.07. The molecule has 3 rings (SSSR count). The van der Waals surface area contributed by atoms with Crippen LogP contribution in [0.4, 0.5) is 10.1 Å². The Bertz CT molecular complexity index is 671. The highest BCUT2D eigenvalue weighted by atomic mass is 19.1. The van der Waals surface area contributed by atoms with Gasteiger partial charge in [-0.05, 0) is 44.1 Å². The maximum absolute atomic E-state index is 14.4. The highest BCUT2D eigenvalue weighted by Crippen LogP contribution is 2.22. The average Bonchev–Trinajstić information content (AvgIpc) is 2.68. The van der Waals surface area contributed by atoms with Crippen LogP contribution in [-0.4, -0.2) is 73.7 Å². The van der Waals surface area contributed by atoms with Gasteiger partial charge in [0.1, 0.15) is 5.82 Å². The number of nitrogens with one attached hydrogen (secondary N) is 2. The van der Waals surface area contributed by atoms with Crippen molar-refractivity contribution in [3.8, 4) is 0 Å². The normalized spacial score (nSPS) is 19.1. The number of hydrogen-bond donors (Lipinski definition) is 3. The third-order valence-corrected chi connectivity index (χ3v) is 5.33. The predicted octanol–water partition coefficient (Wildman–Crippen LogP) is 0.904. The minimum atomic E-state index is -1.00. The summed E-state index contributed by atoms with van der Waals surface area (Å²) < 4.78 is 14.4. The number of halogens is 1. The van der Waals surface area contributed by atoms with Crippen LogP contribution in [0.2, 0.25) is 0 Å². The fourth-order valence-corrected chi connectivity index (χ4v) is 3.78. The first-order valence-corrected chi connectivity index (χ1v) is 9.54. The Labute approximate surface area is 158 Å². The molecule has 3 N–H and O–H groups in total. The number of anilines is 1. The standard InChI is InChI=1S/C19H27FN4O3/c20-17-13-15(1-2-16(17)19(27)22-8-5-18(25)26)24-11-9-23(10-12-24)14-3-6-21-7-4-14/h1-2,13-14,21H,3-12H2,(H,22,27)(H,25,26). The smallest absolute Gasteiger partial charge is 0.305 e. The lowest BCUT2D eigenvalue weighted by atomic mass is 10.0. The zero-order valence-electron chi connectivity index (χ0n) is 15.4. The largest absolute Gasteiger partial charge is 0.481 e. The van der Waals surface area contributed by atoms with E-state index < -0.39 is 17.7 Å². The van der Waals surface area contributed by atoms with Gasteiger partial charge in [-0.25, -0.2) is 4.39 Å². The fraction of sp³-hybridized carbons (Fsp3) is 0.579. The van der Waals surface area contributed by atoms with Crippen LogP contribution < -0.4 is 15.5 Å². The number of aliphatic carboxylic acids is 1. The Balaban J connectivity index is 1.54. The number of hydrogen-bond acceptors (Lipinski definition) is 5. The van der Waals surface area contributed by atoms with Gasteiger partial charge in [0.05, 0.1) is 12.0 Å². The second kappa shape index (κ2) is 9.14. The van der Waals surface area contributed by atoms with E-state index in [4.69, 9.17) is 5.11 Å². The Morgan fingerprint density at radius 3 is 2.52 bits per heavy atom. The molecule has 0 aromatic heterocycles. The molecule has 0 unspecified atom stereocenters. The molecule has 27 heavy (non-hydrogen) atoms. The van der Waals surface area contributed by atoms with Crippen molar-refractivity contribution < 1.29 is 19.1 Å². The first-order chi connectivity index (χ1) is 13.0. The quantitative estimate of drug-likeness (QED) is 0.682. The third kappa shape index (κ3) is 5.17. The molecule has 7 nitrogen and oxygen atoms in total. The molecular formula is C19H27FN4O3. The SMILES string of the molecule is O=C(O)CCNC(=O)c1ccc(N2CCN(C3CCNCC3)CC2)cc1F. The van der Waals surface area contributed by atoms with Gasteiger partial charge < -0.3 is 20.6 Å². The zero-order chi connectivity index (χ0) is 19.2. The molecule has 0 radical (unpaired) electrons. The summed E-state index contributed by atoms with van der Waals surface area (Å²) in [7, 11) is 0. The lowest BCUT2D eigenvalue weighted by molar-refractivity contribution is -0.136. The molecule has 0 bridgehead atoms. The van der Waals surface area contributed by atoms with E-state index in [1.165, 1.54) is 25.0 Å². The first-order valence-electron chi connectivity index (χ1n) is 9.54. The van der Waals surface area contributed by atoms with Crippen molar-refractivity contribution in [3.63, 3.8) is 0 Å². The van der Waals surface area contributed by atoms with Crippen LogP contribution in [-0.2, 0) is 4.79 Å². The number of piperidine rings is 1. The lowest BCUT2D eigenvalue weighted by Gasteiger charge is -2.41. The van der Waals surface area contributed by atoms with Gasteiger partial charge in [-0.2, -0.15) is 0 Å². The van der Waals surface area contributed by atoms with Crippen LogP contribution in [0.3, 0.4) is 0 Å². The van der Waals surface area contributed by atoms with E-state index in [2.05, 4.69) is 20.4 Å². The lowest BCUT2D eigenvalue weighted by Crippen LogP contribution is -2.52. The Morgan fingerprint density at radius 2 is 1.89 bits per heavy atom. The molecule has 8 heteroatoms. The zero-order valence-corrected chi connectivity index (χ0v) is 15.4. The number of carboxylic acid groups (broad SMARTS) is 1. The van der Waals surface area contributed by atoms with Crippen molar-refractivity contribution in [2.24, 2.45) is 0 Å². The molecule has 2 fully saturated rings. The monoisotopic (exact) mass is 378 g/mol. The number of benzene rings is 1. The second-order valence-corrected chi connectivity index (χ2v) is 7.07. The van der Waals surface area contributed by atoms with Gasteiger partial charge in [-0.3, -0.25) is 14.5 Å². The summed E-state index contributed by atoms with van der Waals surface area (Å²) in [6.07, 6.45) is 2.17. The maximum Gasteiger partial charge on any atom is 0.305 e. The number of carbonyl (C=O) groups is 2. The Morgan fingerprint density at radius 1 is 1.19 bits per heavy atom. The van der Waals surface area contributed by atoms with Crippen LogP contribution in [0, 0.1) is 5.82 Å². The minimum Gasteiger partial charge on any atom is -0.481 e. The van der Waals surface area contributed by atoms with E-state index >= 15 is 0 Å². The summed E-state index contributed by atoms with van der Waals surface area (Å²) in [6.45, 7) is 5.74. The number of nitrogens with zero attached hydrogens (tertiary/aromatic N) is 2. The van der Waals surface area contributed by atoms with Gasteiger partial charge >= 0.3 is 5.97 Å². The number of carbonyl (C=O) groups excluding carboxylic acids is 1. The first kappa shape index (κ1) is 19.6. The molecule has 0 saturated carbocycles. The number of carboxylic acids is 1. The van der Waals surface area contributed by atoms with Gasteiger partial charge in [0.2, 0.25) is 0 Å². The van der Waals surface area contributed by atoms with Crippen molar-refractivity contribution in [2.75, 3.05) is 50.7 Å². The van der Waals surface area contributed by atoms with E-state index in [-0.39, 0.29) is 18.5 Å². The maximum atomic E-state index is 14.4. The number of amides is 1. The summed E-state index contributed by atoms with van der Waals surface area (Å²) >= 11 is 0. The van der Waals surface area contributed by atoms with Crippen molar-refractivity contribution in [3.05, 3.63) is 29.6 Å². The highest BCUT2D eigenvalue weighted by molar-refractivity contribution is 5.95. The van der Waals surface area contributed by atoms with Gasteiger partial charge in [-0.15, -0.1) is 0 Å². The van der Waals surface area contributed by atoms with Crippen LogP contribution >= 0.6 is 0 Å². The highest BCUT2D eigenvalue weighted by Gasteiger charge is 2.25. The Hall–Kier alpha value is -2.19. The summed E-state index contributed by atoms with van der Waals surface area (Å²) in [5.74, 6) is -2.17. The van der Waals surface area contributed by atoms with Crippen molar-refractivity contribution in [1.82, 2.24) is 15.5 Å². The molecule has 1 aromatic rings. The van der Waals surface area contributed by atoms with Gasteiger partial charge in [0.25, 0.3) is 5.91 Å². The van der Waals surface area contributed by atoms with Crippen molar-refractivity contribution in [1.29, 1.82) is 0 Å². The topological polar surface area (TPSA) is 84.9 Å². The fourth-order valence-electron chi connectivity index (χ4n) is 3.78. The molecule has 2 heterocycles. The van der Waals surface area contributed by atoms with Gasteiger partial charge in [0.15, 0.2) is 0 Å². The average molecular weight is 378 g/mol.